The highest BCUT2D eigenvalue weighted by molar-refractivity contribution is 5.90. The van der Waals surface area contributed by atoms with Crippen LogP contribution in [0.5, 0.6) is 0 Å². The second-order valence-corrected chi connectivity index (χ2v) is 6.48. The predicted molar refractivity (Wildman–Crippen MR) is 104 cm³/mol. The lowest BCUT2D eigenvalue weighted by molar-refractivity contribution is -0.141. The van der Waals surface area contributed by atoms with Gasteiger partial charge in [0.1, 0.15) is 11.9 Å². The van der Waals surface area contributed by atoms with E-state index in [1.165, 1.54) is 24.3 Å². The molecule has 0 bridgehead atoms. The molecule has 5 heteroatoms. The summed E-state index contributed by atoms with van der Waals surface area (Å²) in [5, 5.41) is 12.2. The standard InChI is InChI=1S/C23H20FNO3/c24-19-13-11-16(12-14-19)15-20(23(27)28)25-22(26)21(17-7-3-1-4-8-17)18-9-5-2-6-10-18/h1-14,20-21H,15H2,(H,25,26)(H,27,28)/t20-/m0/s1. The van der Waals surface area contributed by atoms with Crippen LogP contribution in [-0.2, 0) is 16.0 Å². The number of nitrogens with one attached hydrogen (secondary N) is 1. The van der Waals surface area contributed by atoms with Crippen LogP contribution in [0.15, 0.2) is 84.9 Å². The van der Waals surface area contributed by atoms with Crippen molar-refractivity contribution in [3.05, 3.63) is 107 Å². The number of benzene rings is 3. The molecule has 0 aliphatic rings. The van der Waals surface area contributed by atoms with E-state index >= 15 is 0 Å². The monoisotopic (exact) mass is 377 g/mol. The summed E-state index contributed by atoms with van der Waals surface area (Å²) in [6.07, 6.45) is 0.0671. The summed E-state index contributed by atoms with van der Waals surface area (Å²) < 4.78 is 13.1. The molecule has 3 aromatic rings. The van der Waals surface area contributed by atoms with Gasteiger partial charge in [-0.05, 0) is 28.8 Å². The molecule has 0 spiro atoms. The molecule has 0 fully saturated rings. The molecule has 28 heavy (non-hydrogen) atoms. The van der Waals surface area contributed by atoms with E-state index in [1.54, 1.807) is 0 Å². The summed E-state index contributed by atoms with van der Waals surface area (Å²) in [6, 6.07) is 22.9. The van der Waals surface area contributed by atoms with Crippen LogP contribution < -0.4 is 5.32 Å². The lowest BCUT2D eigenvalue weighted by Gasteiger charge is -2.21. The van der Waals surface area contributed by atoms with E-state index in [9.17, 15) is 19.1 Å². The normalized spacial score (nSPS) is 11.8. The van der Waals surface area contributed by atoms with E-state index < -0.39 is 29.7 Å². The van der Waals surface area contributed by atoms with Gasteiger partial charge in [-0.2, -0.15) is 0 Å². The molecule has 1 amide bonds. The third-order valence-electron chi connectivity index (χ3n) is 4.50. The molecule has 4 nitrogen and oxygen atoms in total. The fourth-order valence-corrected chi connectivity index (χ4v) is 3.10. The average molecular weight is 377 g/mol. The zero-order chi connectivity index (χ0) is 19.9. The molecule has 2 N–H and O–H groups in total. The van der Waals surface area contributed by atoms with E-state index in [-0.39, 0.29) is 6.42 Å². The molecule has 3 rings (SSSR count). The summed E-state index contributed by atoms with van der Waals surface area (Å²) in [7, 11) is 0. The van der Waals surface area contributed by atoms with Crippen LogP contribution in [0.3, 0.4) is 0 Å². The van der Waals surface area contributed by atoms with E-state index in [0.717, 1.165) is 11.1 Å². The Bertz CT molecular complexity index is 888. The number of hydrogen-bond donors (Lipinski definition) is 2. The van der Waals surface area contributed by atoms with Crippen molar-refractivity contribution in [1.29, 1.82) is 0 Å². The van der Waals surface area contributed by atoms with Crippen LogP contribution in [0.1, 0.15) is 22.6 Å². The first-order chi connectivity index (χ1) is 13.5. The van der Waals surface area contributed by atoms with E-state index in [1.807, 2.05) is 60.7 Å². The molecule has 0 aliphatic carbocycles. The van der Waals surface area contributed by atoms with Gasteiger partial charge in [0.05, 0.1) is 5.92 Å². The van der Waals surface area contributed by atoms with Gasteiger partial charge in [-0.25, -0.2) is 9.18 Å². The lowest BCUT2D eigenvalue weighted by Crippen LogP contribution is -2.44. The minimum Gasteiger partial charge on any atom is -0.480 e. The highest BCUT2D eigenvalue weighted by Crippen LogP contribution is 2.25. The summed E-state index contributed by atoms with van der Waals surface area (Å²) >= 11 is 0. The van der Waals surface area contributed by atoms with Gasteiger partial charge in [0, 0.05) is 6.42 Å². The first-order valence-corrected chi connectivity index (χ1v) is 8.92. The molecule has 142 valence electrons. The molecule has 0 aliphatic heterocycles. The van der Waals surface area contributed by atoms with E-state index in [0.29, 0.717) is 5.56 Å². The Morgan fingerprint density at radius 2 is 1.32 bits per heavy atom. The topological polar surface area (TPSA) is 66.4 Å². The zero-order valence-corrected chi connectivity index (χ0v) is 15.1. The van der Waals surface area contributed by atoms with Crippen LogP contribution >= 0.6 is 0 Å². The Morgan fingerprint density at radius 3 is 1.79 bits per heavy atom. The SMILES string of the molecule is O=C(N[C@@H](Cc1ccc(F)cc1)C(=O)O)C(c1ccccc1)c1ccccc1. The zero-order valence-electron chi connectivity index (χ0n) is 15.1. The Labute approximate surface area is 162 Å². The molecule has 0 radical (unpaired) electrons. The molecule has 0 aromatic heterocycles. The minimum atomic E-state index is -1.14. The molecule has 0 saturated carbocycles. The molecule has 3 aromatic carbocycles. The van der Waals surface area contributed by atoms with Crippen LogP contribution in [0, 0.1) is 5.82 Å². The fourth-order valence-electron chi connectivity index (χ4n) is 3.10. The van der Waals surface area contributed by atoms with Gasteiger partial charge in [0.15, 0.2) is 0 Å². The first kappa shape index (κ1) is 19.3. The number of amides is 1. The van der Waals surface area contributed by atoms with Gasteiger partial charge >= 0.3 is 5.97 Å². The van der Waals surface area contributed by atoms with Crippen molar-refractivity contribution in [3.8, 4) is 0 Å². The summed E-state index contributed by atoms with van der Waals surface area (Å²) in [5.41, 5.74) is 2.18. The second kappa shape index (κ2) is 8.95. The molecule has 1 atom stereocenters. The quantitative estimate of drug-likeness (QED) is 0.659. The number of hydrogen-bond acceptors (Lipinski definition) is 2. The van der Waals surface area contributed by atoms with Crippen molar-refractivity contribution < 1.29 is 19.1 Å². The van der Waals surface area contributed by atoms with Gasteiger partial charge in [-0.3, -0.25) is 4.79 Å². The molecule has 0 unspecified atom stereocenters. The smallest absolute Gasteiger partial charge is 0.326 e. The lowest BCUT2D eigenvalue weighted by atomic mass is 9.90. The summed E-state index contributed by atoms with van der Waals surface area (Å²) in [5.74, 6) is -2.56. The Kier molecular flexibility index (Phi) is 6.17. The van der Waals surface area contributed by atoms with Gasteiger partial charge in [0.25, 0.3) is 0 Å². The van der Waals surface area contributed by atoms with Gasteiger partial charge in [0.2, 0.25) is 5.91 Å². The van der Waals surface area contributed by atoms with Crippen LogP contribution in [0.25, 0.3) is 0 Å². The number of carboxylic acid groups (broad SMARTS) is 1. The van der Waals surface area contributed by atoms with Crippen LogP contribution in [0.4, 0.5) is 4.39 Å². The number of carboxylic acids is 1. The van der Waals surface area contributed by atoms with Gasteiger partial charge in [-0.1, -0.05) is 72.8 Å². The number of aliphatic carboxylic acids is 1. The Morgan fingerprint density at radius 1 is 0.821 bits per heavy atom. The molecule has 0 saturated heterocycles. The van der Waals surface area contributed by atoms with Crippen molar-refractivity contribution in [2.75, 3.05) is 0 Å². The molecular formula is C23H20FNO3. The first-order valence-electron chi connectivity index (χ1n) is 8.92. The number of rotatable bonds is 7. The fraction of sp³-hybridized carbons (Fsp3) is 0.130. The van der Waals surface area contributed by atoms with Gasteiger partial charge in [-0.15, -0.1) is 0 Å². The Balaban J connectivity index is 1.85. The van der Waals surface area contributed by atoms with Crippen LogP contribution in [-0.4, -0.2) is 23.0 Å². The van der Waals surface area contributed by atoms with E-state index in [4.69, 9.17) is 0 Å². The van der Waals surface area contributed by atoms with Crippen molar-refractivity contribution in [1.82, 2.24) is 5.32 Å². The Hall–Kier alpha value is -3.47. The van der Waals surface area contributed by atoms with Crippen molar-refractivity contribution in [2.45, 2.75) is 18.4 Å². The van der Waals surface area contributed by atoms with Gasteiger partial charge < -0.3 is 10.4 Å². The average Bonchev–Trinajstić information content (AvgIpc) is 2.71. The molecule has 0 heterocycles. The maximum atomic E-state index is 13.1. The third-order valence-corrected chi connectivity index (χ3v) is 4.50. The molecular weight excluding hydrogens is 357 g/mol. The highest BCUT2D eigenvalue weighted by Gasteiger charge is 2.27. The number of carbonyl (C=O) groups excluding carboxylic acids is 1. The van der Waals surface area contributed by atoms with Crippen molar-refractivity contribution in [2.24, 2.45) is 0 Å². The highest BCUT2D eigenvalue weighted by atomic mass is 19.1. The minimum absolute atomic E-state index is 0.0671. The number of carbonyl (C=O) groups is 2. The van der Waals surface area contributed by atoms with Crippen molar-refractivity contribution >= 4 is 11.9 Å². The van der Waals surface area contributed by atoms with Crippen LogP contribution in [0.2, 0.25) is 0 Å². The van der Waals surface area contributed by atoms with E-state index in [2.05, 4.69) is 5.32 Å². The summed E-state index contributed by atoms with van der Waals surface area (Å²) in [6.45, 7) is 0. The second-order valence-electron chi connectivity index (χ2n) is 6.48. The third kappa shape index (κ3) is 4.82. The maximum absolute atomic E-state index is 13.1. The summed E-state index contributed by atoms with van der Waals surface area (Å²) in [4.78, 5) is 24.8. The largest absolute Gasteiger partial charge is 0.480 e. The van der Waals surface area contributed by atoms with Crippen molar-refractivity contribution in [3.63, 3.8) is 0 Å². The maximum Gasteiger partial charge on any atom is 0.326 e. The number of halogens is 1. The predicted octanol–water partition coefficient (Wildman–Crippen LogP) is 3.77.